The van der Waals surface area contributed by atoms with Crippen molar-refractivity contribution in [1.82, 2.24) is 4.90 Å². The highest BCUT2D eigenvalue weighted by Crippen LogP contribution is 2.21. The van der Waals surface area contributed by atoms with Crippen molar-refractivity contribution in [2.45, 2.75) is 33.7 Å². The van der Waals surface area contributed by atoms with Crippen LogP contribution in [0.25, 0.3) is 0 Å². The number of hydrogen-bond acceptors (Lipinski definition) is 2. The van der Waals surface area contributed by atoms with Gasteiger partial charge in [-0.25, -0.2) is 4.79 Å². The van der Waals surface area contributed by atoms with Gasteiger partial charge in [0.2, 0.25) is 0 Å². The third kappa shape index (κ3) is 3.73. The smallest absolute Gasteiger partial charge is 0.325 e. The van der Waals surface area contributed by atoms with Crippen molar-refractivity contribution in [3.05, 3.63) is 29.8 Å². The van der Waals surface area contributed by atoms with Crippen molar-refractivity contribution in [2.24, 2.45) is 0 Å². The van der Waals surface area contributed by atoms with Gasteiger partial charge in [-0.15, -0.1) is 0 Å². The van der Waals surface area contributed by atoms with Crippen molar-refractivity contribution < 1.29 is 14.7 Å². The lowest BCUT2D eigenvalue weighted by Gasteiger charge is -2.32. The van der Waals surface area contributed by atoms with Gasteiger partial charge in [0.25, 0.3) is 0 Å². The maximum atomic E-state index is 12.6. The standard InChI is InChI=1S/C15H22N2O3/c1-5-16(13-9-7-6-8-12(13)4)15(20)17(11(2)3)10-14(18)19/h6-9,11H,5,10H2,1-4H3,(H,18,19). The lowest BCUT2D eigenvalue weighted by atomic mass is 10.2. The highest BCUT2D eigenvalue weighted by molar-refractivity contribution is 5.94. The number of amides is 2. The first-order valence-corrected chi connectivity index (χ1v) is 6.74. The van der Waals surface area contributed by atoms with Crippen LogP contribution in [0.3, 0.4) is 0 Å². The molecule has 0 saturated heterocycles. The fourth-order valence-corrected chi connectivity index (χ4v) is 2.05. The van der Waals surface area contributed by atoms with Crippen LogP contribution in [0.2, 0.25) is 0 Å². The van der Waals surface area contributed by atoms with Crippen LogP contribution in [-0.2, 0) is 4.79 Å². The van der Waals surface area contributed by atoms with Gasteiger partial charge in [0.05, 0.1) is 0 Å². The Hall–Kier alpha value is -2.04. The van der Waals surface area contributed by atoms with Gasteiger partial charge in [-0.3, -0.25) is 9.69 Å². The van der Waals surface area contributed by atoms with Crippen LogP contribution in [-0.4, -0.2) is 41.1 Å². The lowest BCUT2D eigenvalue weighted by Crippen LogP contribution is -2.48. The number of carboxylic acids is 1. The molecule has 1 rings (SSSR count). The maximum absolute atomic E-state index is 12.6. The SMILES string of the molecule is CCN(C(=O)N(CC(=O)O)C(C)C)c1ccccc1C. The van der Waals surface area contributed by atoms with E-state index in [0.29, 0.717) is 6.54 Å². The molecule has 20 heavy (non-hydrogen) atoms. The van der Waals surface area contributed by atoms with Crippen molar-refractivity contribution in [3.63, 3.8) is 0 Å². The molecule has 0 fully saturated rings. The second-order valence-electron chi connectivity index (χ2n) is 4.93. The molecule has 0 aliphatic heterocycles. The third-order valence-electron chi connectivity index (χ3n) is 3.13. The van der Waals surface area contributed by atoms with Crippen LogP contribution >= 0.6 is 0 Å². The quantitative estimate of drug-likeness (QED) is 0.901. The van der Waals surface area contributed by atoms with Gasteiger partial charge in [0, 0.05) is 18.3 Å². The molecule has 0 radical (unpaired) electrons. The molecule has 5 nitrogen and oxygen atoms in total. The Balaban J connectivity index is 3.07. The predicted octanol–water partition coefficient (Wildman–Crippen LogP) is 2.74. The Morgan fingerprint density at radius 2 is 1.85 bits per heavy atom. The molecule has 2 amide bonds. The zero-order valence-corrected chi connectivity index (χ0v) is 12.5. The molecule has 1 aromatic carbocycles. The van der Waals surface area contributed by atoms with E-state index in [-0.39, 0.29) is 18.6 Å². The molecule has 0 aliphatic carbocycles. The Morgan fingerprint density at radius 3 is 2.30 bits per heavy atom. The zero-order chi connectivity index (χ0) is 15.3. The summed E-state index contributed by atoms with van der Waals surface area (Å²) in [7, 11) is 0. The summed E-state index contributed by atoms with van der Waals surface area (Å²) in [6.45, 7) is 7.64. The molecule has 0 aliphatic rings. The molecule has 0 atom stereocenters. The number of anilines is 1. The van der Waals surface area contributed by atoms with E-state index in [4.69, 9.17) is 5.11 Å². The number of nitrogens with zero attached hydrogens (tertiary/aromatic N) is 2. The minimum Gasteiger partial charge on any atom is -0.480 e. The van der Waals surface area contributed by atoms with Gasteiger partial charge in [0.1, 0.15) is 6.54 Å². The van der Waals surface area contributed by atoms with Gasteiger partial charge in [0.15, 0.2) is 0 Å². The maximum Gasteiger partial charge on any atom is 0.325 e. The van der Waals surface area contributed by atoms with E-state index in [9.17, 15) is 9.59 Å². The number of benzene rings is 1. The van der Waals surface area contributed by atoms with Crippen LogP contribution in [0.4, 0.5) is 10.5 Å². The van der Waals surface area contributed by atoms with Gasteiger partial charge in [-0.1, -0.05) is 18.2 Å². The van der Waals surface area contributed by atoms with E-state index in [1.165, 1.54) is 4.90 Å². The second-order valence-corrected chi connectivity index (χ2v) is 4.93. The van der Waals surface area contributed by atoms with Crippen molar-refractivity contribution in [1.29, 1.82) is 0 Å². The Kier molecular flexibility index (Phi) is 5.55. The molecule has 1 aromatic rings. The van der Waals surface area contributed by atoms with Crippen LogP contribution < -0.4 is 4.90 Å². The molecule has 0 aromatic heterocycles. The van der Waals surface area contributed by atoms with Crippen molar-refractivity contribution >= 4 is 17.7 Å². The molecule has 5 heteroatoms. The van der Waals surface area contributed by atoms with Crippen molar-refractivity contribution in [2.75, 3.05) is 18.0 Å². The summed E-state index contributed by atoms with van der Waals surface area (Å²) in [4.78, 5) is 26.5. The average Bonchev–Trinajstić information content (AvgIpc) is 2.38. The lowest BCUT2D eigenvalue weighted by molar-refractivity contribution is -0.137. The minimum absolute atomic E-state index is 0.170. The fraction of sp³-hybridized carbons (Fsp3) is 0.467. The summed E-state index contributed by atoms with van der Waals surface area (Å²) in [6, 6.07) is 7.14. The monoisotopic (exact) mass is 278 g/mol. The Bertz CT molecular complexity index is 486. The number of carbonyl (C=O) groups is 2. The predicted molar refractivity (Wildman–Crippen MR) is 79.1 cm³/mol. The number of carboxylic acid groups (broad SMARTS) is 1. The normalized spacial score (nSPS) is 10.4. The number of para-hydroxylation sites is 1. The third-order valence-corrected chi connectivity index (χ3v) is 3.13. The summed E-state index contributed by atoms with van der Waals surface area (Å²) in [5, 5.41) is 8.95. The summed E-state index contributed by atoms with van der Waals surface area (Å²) in [5.41, 5.74) is 1.80. The molecular weight excluding hydrogens is 256 g/mol. The Labute approximate surface area is 119 Å². The number of carbonyl (C=O) groups excluding carboxylic acids is 1. The molecular formula is C15H22N2O3. The van der Waals surface area contributed by atoms with Gasteiger partial charge >= 0.3 is 12.0 Å². The molecule has 110 valence electrons. The zero-order valence-electron chi connectivity index (χ0n) is 12.5. The second kappa shape index (κ2) is 6.93. The number of aliphatic carboxylic acids is 1. The van der Waals surface area contributed by atoms with Crippen LogP contribution in [0.15, 0.2) is 24.3 Å². The summed E-state index contributed by atoms with van der Waals surface area (Å²) in [5.74, 6) is -1.01. The van der Waals surface area contributed by atoms with E-state index in [2.05, 4.69) is 0 Å². The minimum atomic E-state index is -1.01. The van der Waals surface area contributed by atoms with Crippen LogP contribution in [0.1, 0.15) is 26.3 Å². The van der Waals surface area contributed by atoms with Gasteiger partial charge < -0.3 is 10.0 Å². The molecule has 1 N–H and O–H groups in total. The highest BCUT2D eigenvalue weighted by atomic mass is 16.4. The molecule has 0 unspecified atom stereocenters. The number of rotatable bonds is 5. The molecule has 0 bridgehead atoms. The van der Waals surface area contributed by atoms with E-state index in [0.717, 1.165) is 11.3 Å². The van der Waals surface area contributed by atoms with Crippen molar-refractivity contribution in [3.8, 4) is 0 Å². The van der Waals surface area contributed by atoms with E-state index in [1.807, 2.05) is 52.0 Å². The van der Waals surface area contributed by atoms with E-state index >= 15 is 0 Å². The highest BCUT2D eigenvalue weighted by Gasteiger charge is 2.25. The van der Waals surface area contributed by atoms with Crippen LogP contribution in [0.5, 0.6) is 0 Å². The first kappa shape index (κ1) is 16.0. The topological polar surface area (TPSA) is 60.9 Å². The first-order chi connectivity index (χ1) is 9.38. The van der Waals surface area contributed by atoms with E-state index < -0.39 is 5.97 Å². The molecule has 0 spiro atoms. The molecule has 0 heterocycles. The largest absolute Gasteiger partial charge is 0.480 e. The summed E-state index contributed by atoms with van der Waals surface area (Å²) < 4.78 is 0. The van der Waals surface area contributed by atoms with Gasteiger partial charge in [-0.05, 0) is 39.3 Å². The van der Waals surface area contributed by atoms with Gasteiger partial charge in [-0.2, -0.15) is 0 Å². The number of urea groups is 1. The summed E-state index contributed by atoms with van der Waals surface area (Å²) >= 11 is 0. The Morgan fingerprint density at radius 1 is 1.25 bits per heavy atom. The van der Waals surface area contributed by atoms with Crippen LogP contribution in [0, 0.1) is 6.92 Å². The summed E-state index contributed by atoms with van der Waals surface area (Å²) in [6.07, 6.45) is 0. The fourth-order valence-electron chi connectivity index (χ4n) is 2.05. The number of aryl methyl sites for hydroxylation is 1. The average molecular weight is 278 g/mol. The first-order valence-electron chi connectivity index (χ1n) is 6.74. The van der Waals surface area contributed by atoms with E-state index in [1.54, 1.807) is 4.90 Å². The molecule has 0 saturated carbocycles. The number of hydrogen-bond donors (Lipinski definition) is 1.